The third-order valence-electron chi connectivity index (χ3n) is 9.89. The highest BCUT2D eigenvalue weighted by Gasteiger charge is 2.51. The molecular weight excluding hydrogens is 561 g/mol. The molecule has 0 saturated carbocycles. The van der Waals surface area contributed by atoms with E-state index in [2.05, 4.69) is 178 Å². The summed E-state index contributed by atoms with van der Waals surface area (Å²) >= 11 is 0. The molecule has 46 heavy (non-hydrogen) atoms. The maximum Gasteiger partial charge on any atom is 0.494 e. The van der Waals surface area contributed by atoms with E-state index < -0.39 is 18.3 Å². The van der Waals surface area contributed by atoms with Gasteiger partial charge in [-0.2, -0.15) is 0 Å². The Kier molecular flexibility index (Phi) is 6.75. The summed E-state index contributed by atoms with van der Waals surface area (Å²) in [7, 11) is -0.408. The fourth-order valence-electron chi connectivity index (χ4n) is 6.67. The predicted molar refractivity (Wildman–Crippen MR) is 195 cm³/mol. The summed E-state index contributed by atoms with van der Waals surface area (Å²) in [6.07, 6.45) is 0. The minimum atomic E-state index is -0.408. The molecule has 8 rings (SSSR count). The molecule has 3 nitrogen and oxygen atoms in total. The molecule has 1 aliphatic heterocycles. The van der Waals surface area contributed by atoms with Crippen molar-refractivity contribution in [2.45, 2.75) is 38.9 Å². The second-order valence-electron chi connectivity index (χ2n) is 13.3. The van der Waals surface area contributed by atoms with Crippen molar-refractivity contribution >= 4 is 62.0 Å². The van der Waals surface area contributed by atoms with Crippen LogP contribution in [-0.2, 0) is 9.31 Å². The highest BCUT2D eigenvalue weighted by molar-refractivity contribution is 6.62. The van der Waals surface area contributed by atoms with Crippen molar-refractivity contribution in [1.82, 2.24) is 0 Å². The van der Waals surface area contributed by atoms with Gasteiger partial charge in [0.1, 0.15) is 0 Å². The Morgan fingerprint density at radius 1 is 0.478 bits per heavy atom. The van der Waals surface area contributed by atoms with Gasteiger partial charge in [0, 0.05) is 16.8 Å². The molecule has 0 spiro atoms. The van der Waals surface area contributed by atoms with Crippen molar-refractivity contribution in [2.24, 2.45) is 0 Å². The van der Waals surface area contributed by atoms with Gasteiger partial charge in [-0.05, 0) is 102 Å². The topological polar surface area (TPSA) is 21.7 Å². The Morgan fingerprint density at radius 3 is 1.67 bits per heavy atom. The van der Waals surface area contributed by atoms with Crippen molar-refractivity contribution < 1.29 is 9.31 Å². The SMILES string of the molecule is CC1(C)OB(c2ccc(N(c3ccc(-c4cccc5ccccc45)cc3)c3cc4ccccc4c4ccccc34)cc2)OC1(C)C. The van der Waals surface area contributed by atoms with E-state index in [1.54, 1.807) is 0 Å². The molecule has 1 saturated heterocycles. The summed E-state index contributed by atoms with van der Waals surface area (Å²) in [6, 6.07) is 52.4. The molecule has 0 atom stereocenters. The maximum absolute atomic E-state index is 6.38. The molecule has 0 bridgehead atoms. The number of anilines is 3. The number of nitrogens with zero attached hydrogens (tertiary/aromatic N) is 1. The van der Waals surface area contributed by atoms with Crippen LogP contribution in [0.1, 0.15) is 27.7 Å². The van der Waals surface area contributed by atoms with E-state index in [0.717, 1.165) is 22.5 Å². The minimum Gasteiger partial charge on any atom is -0.399 e. The standard InChI is InChI=1S/C42H36BNO2/c1-41(2)42(3,4)46-43(45-41)32-22-26-34(27-23-32)44(40-28-31-13-6-8-16-37(31)38-17-9-10-18-39(38)40)33-24-20-30(21-25-33)36-19-11-14-29-12-5-7-15-35(29)36/h5-28H,1-4H3. The number of fused-ring (bicyclic) bond motifs is 4. The van der Waals surface area contributed by atoms with Gasteiger partial charge in [-0.25, -0.2) is 0 Å². The molecule has 224 valence electrons. The third kappa shape index (κ3) is 4.77. The summed E-state index contributed by atoms with van der Waals surface area (Å²) < 4.78 is 12.8. The van der Waals surface area contributed by atoms with E-state index >= 15 is 0 Å². The third-order valence-corrected chi connectivity index (χ3v) is 9.89. The molecule has 7 aromatic carbocycles. The number of benzene rings is 7. The van der Waals surface area contributed by atoms with Gasteiger partial charge in [0.25, 0.3) is 0 Å². The zero-order chi connectivity index (χ0) is 31.5. The summed E-state index contributed by atoms with van der Waals surface area (Å²) in [6.45, 7) is 8.37. The highest BCUT2D eigenvalue weighted by atomic mass is 16.7. The quantitative estimate of drug-likeness (QED) is 0.146. The lowest BCUT2D eigenvalue weighted by Crippen LogP contribution is -2.41. The van der Waals surface area contributed by atoms with Gasteiger partial charge < -0.3 is 14.2 Å². The van der Waals surface area contributed by atoms with Gasteiger partial charge in [-0.3, -0.25) is 0 Å². The summed E-state index contributed by atoms with van der Waals surface area (Å²) in [5.41, 5.74) is 5.95. The number of hydrogen-bond acceptors (Lipinski definition) is 3. The van der Waals surface area contributed by atoms with Gasteiger partial charge in [0.2, 0.25) is 0 Å². The average molecular weight is 598 g/mol. The highest BCUT2D eigenvalue weighted by Crippen LogP contribution is 2.43. The Labute approximate surface area is 271 Å². The lowest BCUT2D eigenvalue weighted by Gasteiger charge is -2.32. The first-order valence-corrected chi connectivity index (χ1v) is 16.0. The number of rotatable bonds is 5. The molecule has 1 heterocycles. The van der Waals surface area contributed by atoms with Crippen LogP contribution in [-0.4, -0.2) is 18.3 Å². The van der Waals surface area contributed by atoms with Crippen LogP contribution < -0.4 is 10.4 Å². The predicted octanol–water partition coefficient (Wildman–Crippen LogP) is 10.6. The van der Waals surface area contributed by atoms with Crippen LogP contribution in [0.4, 0.5) is 17.1 Å². The fourth-order valence-corrected chi connectivity index (χ4v) is 6.67. The lowest BCUT2D eigenvalue weighted by molar-refractivity contribution is 0.00578. The van der Waals surface area contributed by atoms with E-state index in [1.807, 2.05) is 0 Å². The Hall–Kier alpha value is -4.90. The molecule has 0 N–H and O–H groups in total. The monoisotopic (exact) mass is 597 g/mol. The lowest BCUT2D eigenvalue weighted by atomic mass is 9.79. The first-order chi connectivity index (χ1) is 22.3. The van der Waals surface area contributed by atoms with Crippen molar-refractivity contribution in [3.63, 3.8) is 0 Å². The van der Waals surface area contributed by atoms with Gasteiger partial charge in [0.05, 0.1) is 16.9 Å². The first kappa shape index (κ1) is 28.6. The molecule has 1 aliphatic rings. The van der Waals surface area contributed by atoms with E-state index in [9.17, 15) is 0 Å². The zero-order valence-corrected chi connectivity index (χ0v) is 26.7. The van der Waals surface area contributed by atoms with Gasteiger partial charge >= 0.3 is 7.12 Å². The molecule has 0 radical (unpaired) electrons. The maximum atomic E-state index is 6.38. The van der Waals surface area contributed by atoms with Gasteiger partial charge in [0.15, 0.2) is 0 Å². The Balaban J connectivity index is 1.27. The molecule has 4 heteroatoms. The minimum absolute atomic E-state index is 0.391. The van der Waals surface area contributed by atoms with E-state index in [4.69, 9.17) is 9.31 Å². The normalized spacial score (nSPS) is 15.5. The van der Waals surface area contributed by atoms with E-state index in [1.165, 1.54) is 43.4 Å². The molecule has 7 aromatic rings. The second kappa shape index (κ2) is 10.9. The smallest absolute Gasteiger partial charge is 0.399 e. The second-order valence-corrected chi connectivity index (χ2v) is 13.3. The van der Waals surface area contributed by atoms with Gasteiger partial charge in [-0.1, -0.05) is 115 Å². The summed E-state index contributed by atoms with van der Waals surface area (Å²) in [5.74, 6) is 0. The number of hydrogen-bond donors (Lipinski definition) is 0. The van der Waals surface area contributed by atoms with E-state index in [0.29, 0.717) is 0 Å². The van der Waals surface area contributed by atoms with Crippen molar-refractivity contribution in [3.8, 4) is 11.1 Å². The zero-order valence-electron chi connectivity index (χ0n) is 26.7. The average Bonchev–Trinajstić information content (AvgIpc) is 3.31. The van der Waals surface area contributed by atoms with Crippen LogP contribution >= 0.6 is 0 Å². The van der Waals surface area contributed by atoms with Crippen LogP contribution in [0.3, 0.4) is 0 Å². The van der Waals surface area contributed by atoms with Crippen LogP contribution in [0.25, 0.3) is 43.4 Å². The van der Waals surface area contributed by atoms with Crippen molar-refractivity contribution in [2.75, 3.05) is 4.90 Å². The van der Waals surface area contributed by atoms with Crippen LogP contribution in [0.5, 0.6) is 0 Å². The molecule has 0 unspecified atom stereocenters. The molecule has 0 aliphatic carbocycles. The van der Waals surface area contributed by atoms with Crippen LogP contribution in [0, 0.1) is 0 Å². The Morgan fingerprint density at radius 2 is 1.00 bits per heavy atom. The molecule has 0 amide bonds. The molecular formula is C42H36BNO2. The summed E-state index contributed by atoms with van der Waals surface area (Å²) in [4.78, 5) is 2.37. The largest absolute Gasteiger partial charge is 0.494 e. The van der Waals surface area contributed by atoms with Gasteiger partial charge in [-0.15, -0.1) is 0 Å². The molecule has 1 fully saturated rings. The first-order valence-electron chi connectivity index (χ1n) is 16.0. The van der Waals surface area contributed by atoms with Crippen LogP contribution in [0.2, 0.25) is 0 Å². The molecule has 0 aromatic heterocycles. The Bertz CT molecular complexity index is 2200. The summed E-state index contributed by atoms with van der Waals surface area (Å²) in [5, 5.41) is 7.41. The van der Waals surface area contributed by atoms with Crippen molar-refractivity contribution in [1.29, 1.82) is 0 Å². The fraction of sp³-hybridized carbons (Fsp3) is 0.143. The van der Waals surface area contributed by atoms with Crippen molar-refractivity contribution in [3.05, 3.63) is 146 Å². The van der Waals surface area contributed by atoms with E-state index in [-0.39, 0.29) is 0 Å². The van der Waals surface area contributed by atoms with Crippen LogP contribution in [0.15, 0.2) is 146 Å².